The molecule has 3 N–H and O–H groups in total. The fourth-order valence-corrected chi connectivity index (χ4v) is 2.83. The predicted molar refractivity (Wildman–Crippen MR) is 81.5 cm³/mol. The summed E-state index contributed by atoms with van der Waals surface area (Å²) in [4.78, 5) is 25.7. The topological polar surface area (TPSA) is 135 Å². The number of aliphatic hydroxyl groups is 2. The zero-order chi connectivity index (χ0) is 17.3. The number of ether oxygens (including phenoxy) is 1. The zero-order valence-electron chi connectivity index (χ0n) is 13.1. The van der Waals surface area contributed by atoms with E-state index in [0.717, 1.165) is 0 Å². The number of rotatable bonds is 5. The molecule has 1 aliphatic rings. The second kappa shape index (κ2) is 6.67. The lowest BCUT2D eigenvalue weighted by Crippen LogP contribution is -2.33. The van der Waals surface area contributed by atoms with Crippen LogP contribution in [0.1, 0.15) is 29.9 Å². The van der Waals surface area contributed by atoms with Crippen molar-refractivity contribution in [2.24, 2.45) is 0 Å². The molecule has 0 unspecified atom stereocenters. The van der Waals surface area contributed by atoms with Crippen molar-refractivity contribution in [1.82, 2.24) is 24.5 Å². The molecular weight excluding hydrogens is 318 g/mol. The molecule has 3 heterocycles. The van der Waals surface area contributed by atoms with Crippen LogP contribution in [-0.2, 0) is 11.2 Å². The van der Waals surface area contributed by atoms with Gasteiger partial charge in [-0.3, -0.25) is 14.3 Å². The van der Waals surface area contributed by atoms with Crippen molar-refractivity contribution in [2.45, 2.75) is 38.1 Å². The van der Waals surface area contributed by atoms with Crippen molar-refractivity contribution in [3.05, 3.63) is 44.5 Å². The van der Waals surface area contributed by atoms with Gasteiger partial charge >= 0.3 is 5.69 Å². The van der Waals surface area contributed by atoms with Crippen molar-refractivity contribution in [3.8, 4) is 0 Å². The Kier molecular flexibility index (Phi) is 4.60. The van der Waals surface area contributed by atoms with Gasteiger partial charge in [0.15, 0.2) is 0 Å². The van der Waals surface area contributed by atoms with E-state index in [0.29, 0.717) is 24.1 Å². The standard InChI is InChI=1S/C14H19N5O5/c1-8-5-18(14(23)15-13(8)22)12-4-10(11(7-21)24-12)19-6-9(2-3-20)16-17-19/h5-6,10-12,20-21H,2-4,7H2,1H3,(H,15,22,23)/t10-,11+,12+/m0/s1. The van der Waals surface area contributed by atoms with Crippen LogP contribution in [-0.4, -0.2) is 54.1 Å². The van der Waals surface area contributed by atoms with Gasteiger partial charge in [-0.2, -0.15) is 0 Å². The molecule has 0 saturated carbocycles. The van der Waals surface area contributed by atoms with E-state index in [4.69, 9.17) is 9.84 Å². The van der Waals surface area contributed by atoms with Gasteiger partial charge in [0.25, 0.3) is 5.56 Å². The highest BCUT2D eigenvalue weighted by Crippen LogP contribution is 2.35. The van der Waals surface area contributed by atoms with Crippen LogP contribution in [0.3, 0.4) is 0 Å². The molecule has 0 radical (unpaired) electrons. The van der Waals surface area contributed by atoms with Crippen LogP contribution in [0, 0.1) is 6.92 Å². The predicted octanol–water partition coefficient (Wildman–Crippen LogP) is -1.51. The second-order valence-corrected chi connectivity index (χ2v) is 5.76. The molecule has 1 aliphatic heterocycles. The summed E-state index contributed by atoms with van der Waals surface area (Å²) >= 11 is 0. The van der Waals surface area contributed by atoms with Gasteiger partial charge in [-0.05, 0) is 6.92 Å². The van der Waals surface area contributed by atoms with Gasteiger partial charge in [-0.1, -0.05) is 5.21 Å². The van der Waals surface area contributed by atoms with Crippen LogP contribution in [0.4, 0.5) is 0 Å². The Labute approximate surface area is 136 Å². The first-order valence-corrected chi connectivity index (χ1v) is 7.63. The van der Waals surface area contributed by atoms with Crippen molar-refractivity contribution in [3.63, 3.8) is 0 Å². The largest absolute Gasteiger partial charge is 0.396 e. The van der Waals surface area contributed by atoms with Crippen LogP contribution < -0.4 is 11.2 Å². The first kappa shape index (κ1) is 16.6. The van der Waals surface area contributed by atoms with Crippen molar-refractivity contribution < 1.29 is 14.9 Å². The fraction of sp³-hybridized carbons (Fsp3) is 0.571. The van der Waals surface area contributed by atoms with Gasteiger partial charge in [-0.25, -0.2) is 9.48 Å². The van der Waals surface area contributed by atoms with E-state index >= 15 is 0 Å². The number of nitrogens with zero attached hydrogens (tertiary/aromatic N) is 4. The number of aryl methyl sites for hydroxylation is 1. The molecule has 0 amide bonds. The third-order valence-corrected chi connectivity index (χ3v) is 4.11. The lowest BCUT2D eigenvalue weighted by molar-refractivity contribution is -0.0323. The summed E-state index contributed by atoms with van der Waals surface area (Å²) in [6.07, 6.45) is 2.73. The van der Waals surface area contributed by atoms with E-state index in [2.05, 4.69) is 15.3 Å². The number of aliphatic hydroxyl groups excluding tert-OH is 2. The molecule has 10 heteroatoms. The zero-order valence-corrected chi connectivity index (χ0v) is 13.1. The minimum absolute atomic E-state index is 0.0298. The Balaban J connectivity index is 1.87. The number of H-pyrrole nitrogens is 1. The maximum Gasteiger partial charge on any atom is 0.330 e. The number of aromatic nitrogens is 5. The van der Waals surface area contributed by atoms with E-state index < -0.39 is 23.6 Å². The van der Waals surface area contributed by atoms with E-state index in [-0.39, 0.29) is 19.3 Å². The third-order valence-electron chi connectivity index (χ3n) is 4.11. The minimum atomic E-state index is -0.624. The molecule has 0 spiro atoms. The third kappa shape index (κ3) is 3.03. The number of nitrogens with one attached hydrogen (secondary N) is 1. The SMILES string of the molecule is Cc1cn([C@H]2C[C@H](n3cc(CCO)nn3)[C@@H](CO)O2)c(=O)[nH]c1=O. The smallest absolute Gasteiger partial charge is 0.330 e. The molecule has 3 rings (SSSR count). The summed E-state index contributed by atoms with van der Waals surface area (Å²) in [6, 6.07) is -0.306. The number of aromatic amines is 1. The van der Waals surface area contributed by atoms with E-state index in [1.54, 1.807) is 17.8 Å². The average molecular weight is 337 g/mol. The first-order valence-electron chi connectivity index (χ1n) is 7.63. The van der Waals surface area contributed by atoms with Crippen LogP contribution in [0.15, 0.2) is 22.0 Å². The Hall–Kier alpha value is -2.30. The Morgan fingerprint density at radius 3 is 2.88 bits per heavy atom. The Morgan fingerprint density at radius 2 is 2.17 bits per heavy atom. The highest BCUT2D eigenvalue weighted by Gasteiger charge is 2.38. The molecule has 0 bridgehead atoms. The summed E-state index contributed by atoms with van der Waals surface area (Å²) in [5, 5.41) is 26.5. The van der Waals surface area contributed by atoms with E-state index in [1.807, 2.05) is 0 Å². The second-order valence-electron chi connectivity index (χ2n) is 5.76. The van der Waals surface area contributed by atoms with Gasteiger partial charge in [0.1, 0.15) is 12.3 Å². The molecule has 0 aromatic carbocycles. The number of hydrogen-bond acceptors (Lipinski definition) is 7. The molecule has 1 fully saturated rings. The van der Waals surface area contributed by atoms with Crippen molar-refractivity contribution >= 4 is 0 Å². The Bertz CT molecular complexity index is 825. The van der Waals surface area contributed by atoms with Crippen LogP contribution in [0.5, 0.6) is 0 Å². The molecule has 24 heavy (non-hydrogen) atoms. The first-order chi connectivity index (χ1) is 11.5. The van der Waals surface area contributed by atoms with Gasteiger partial charge in [0.05, 0.1) is 18.3 Å². The van der Waals surface area contributed by atoms with Gasteiger partial charge in [0, 0.05) is 37.4 Å². The molecule has 10 nitrogen and oxygen atoms in total. The quantitative estimate of drug-likeness (QED) is 0.604. The lowest BCUT2D eigenvalue weighted by atomic mass is 10.1. The maximum atomic E-state index is 12.0. The molecule has 2 aromatic rings. The average Bonchev–Trinajstić information content (AvgIpc) is 3.17. The highest BCUT2D eigenvalue weighted by molar-refractivity contribution is 5.02. The van der Waals surface area contributed by atoms with Gasteiger partial charge in [0.2, 0.25) is 0 Å². The summed E-state index contributed by atoms with van der Waals surface area (Å²) < 4.78 is 8.65. The molecule has 130 valence electrons. The molecule has 0 aliphatic carbocycles. The normalized spacial score (nSPS) is 23.7. The van der Waals surface area contributed by atoms with Gasteiger partial charge < -0.3 is 14.9 Å². The van der Waals surface area contributed by atoms with Crippen molar-refractivity contribution in [1.29, 1.82) is 0 Å². The maximum absolute atomic E-state index is 12.0. The summed E-state index contributed by atoms with van der Waals surface area (Å²) in [5.74, 6) is 0. The molecule has 2 aromatic heterocycles. The summed E-state index contributed by atoms with van der Waals surface area (Å²) in [7, 11) is 0. The number of hydrogen-bond donors (Lipinski definition) is 3. The summed E-state index contributed by atoms with van der Waals surface area (Å²) in [6.45, 7) is 1.33. The lowest BCUT2D eigenvalue weighted by Gasteiger charge is -2.15. The fourth-order valence-electron chi connectivity index (χ4n) is 2.83. The van der Waals surface area contributed by atoms with E-state index in [9.17, 15) is 14.7 Å². The van der Waals surface area contributed by atoms with Crippen LogP contribution in [0.2, 0.25) is 0 Å². The molecular formula is C14H19N5O5. The van der Waals surface area contributed by atoms with Crippen LogP contribution >= 0.6 is 0 Å². The Morgan fingerprint density at radius 1 is 1.38 bits per heavy atom. The highest BCUT2D eigenvalue weighted by atomic mass is 16.5. The van der Waals surface area contributed by atoms with E-state index in [1.165, 1.54) is 10.8 Å². The van der Waals surface area contributed by atoms with Crippen molar-refractivity contribution in [2.75, 3.05) is 13.2 Å². The molecule has 3 atom stereocenters. The monoisotopic (exact) mass is 337 g/mol. The van der Waals surface area contributed by atoms with Crippen LogP contribution in [0.25, 0.3) is 0 Å². The summed E-state index contributed by atoms with van der Waals surface area (Å²) in [5.41, 5.74) is 0.0322. The molecule has 1 saturated heterocycles. The van der Waals surface area contributed by atoms with Gasteiger partial charge in [-0.15, -0.1) is 5.10 Å². The minimum Gasteiger partial charge on any atom is -0.396 e.